The molecular weight excluding hydrogens is 701 g/mol. The summed E-state index contributed by atoms with van der Waals surface area (Å²) in [5.74, 6) is -0.802. The number of ether oxygens (including phenoxy) is 2. The second-order valence-corrected chi connectivity index (χ2v) is 17.9. The number of nitrogens with zero attached hydrogens (tertiary/aromatic N) is 1. The van der Waals surface area contributed by atoms with E-state index in [1.54, 1.807) is 0 Å². The number of carbonyl (C=O) groups is 2. The molecule has 0 aliphatic heterocycles. The van der Waals surface area contributed by atoms with Gasteiger partial charge in [0.05, 0.1) is 27.7 Å². The Kier molecular flexibility index (Phi) is 36.5. The van der Waals surface area contributed by atoms with Crippen LogP contribution >= 0.6 is 7.82 Å². The average Bonchev–Trinajstić information content (AvgIpc) is 3.12. The van der Waals surface area contributed by atoms with Gasteiger partial charge in [-0.2, -0.15) is 0 Å². The lowest BCUT2D eigenvalue weighted by atomic mass is 10.0. The predicted molar refractivity (Wildman–Crippen MR) is 224 cm³/mol. The van der Waals surface area contributed by atoms with E-state index >= 15 is 0 Å². The zero-order valence-corrected chi connectivity index (χ0v) is 36.9. The highest BCUT2D eigenvalue weighted by molar-refractivity contribution is 7.47. The van der Waals surface area contributed by atoms with E-state index in [2.05, 4.69) is 26.0 Å². The summed E-state index contributed by atoms with van der Waals surface area (Å²) in [6.07, 6.45) is 38.4. The highest BCUT2D eigenvalue weighted by Crippen LogP contribution is 2.43. The van der Waals surface area contributed by atoms with E-state index in [-0.39, 0.29) is 25.6 Å². The van der Waals surface area contributed by atoms with E-state index in [1.165, 1.54) is 116 Å². The smallest absolute Gasteiger partial charge is 0.462 e. The maximum absolute atomic E-state index is 12.6. The zero-order valence-electron chi connectivity index (χ0n) is 36.0. The SMILES string of the molecule is CCC/C=C\CCCCCCCC(=O)OC(COC(=O)CCCCCCCCCCCCCCCCCCCCCC)COP(=O)(O)OCC[N+](C)(C)C. The molecule has 1 N–H and O–H groups in total. The first kappa shape index (κ1) is 52.8. The van der Waals surface area contributed by atoms with Crippen molar-refractivity contribution in [2.75, 3.05) is 47.5 Å². The molecule has 0 aromatic carbocycles. The van der Waals surface area contributed by atoms with Gasteiger partial charge in [-0.25, -0.2) is 4.57 Å². The van der Waals surface area contributed by atoms with E-state index in [0.717, 1.165) is 57.8 Å². The van der Waals surface area contributed by atoms with Gasteiger partial charge in [0.25, 0.3) is 0 Å². The van der Waals surface area contributed by atoms with Crippen molar-refractivity contribution in [2.45, 2.75) is 213 Å². The number of phosphoric ester groups is 1. The molecule has 0 aromatic heterocycles. The van der Waals surface area contributed by atoms with Gasteiger partial charge in [-0.15, -0.1) is 0 Å². The van der Waals surface area contributed by atoms with Crippen LogP contribution in [0.2, 0.25) is 0 Å². The lowest BCUT2D eigenvalue weighted by Gasteiger charge is -2.24. The maximum Gasteiger partial charge on any atom is 0.472 e. The third kappa shape index (κ3) is 40.4. The van der Waals surface area contributed by atoms with Crippen molar-refractivity contribution < 1.29 is 42.1 Å². The molecule has 0 aromatic rings. The molecule has 2 unspecified atom stereocenters. The Morgan fingerprint density at radius 1 is 0.556 bits per heavy atom. The molecule has 9 nitrogen and oxygen atoms in total. The highest BCUT2D eigenvalue weighted by atomic mass is 31.2. The molecule has 0 bridgehead atoms. The number of carbonyl (C=O) groups excluding carboxylic acids is 2. The molecule has 2 atom stereocenters. The van der Waals surface area contributed by atoms with Crippen LogP contribution in [0.5, 0.6) is 0 Å². The first-order valence-electron chi connectivity index (χ1n) is 22.4. The Bertz CT molecular complexity index is 938. The minimum absolute atomic E-state index is 0.0330. The first-order chi connectivity index (χ1) is 26.0. The minimum Gasteiger partial charge on any atom is -0.462 e. The summed E-state index contributed by atoms with van der Waals surface area (Å²) < 4.78 is 34.2. The Morgan fingerprint density at radius 2 is 0.981 bits per heavy atom. The molecule has 0 radical (unpaired) electrons. The van der Waals surface area contributed by atoms with E-state index in [1.807, 2.05) is 21.1 Å². The lowest BCUT2D eigenvalue weighted by molar-refractivity contribution is -0.870. The van der Waals surface area contributed by atoms with Crippen LogP contribution in [0.4, 0.5) is 0 Å². The van der Waals surface area contributed by atoms with Gasteiger partial charge in [0.15, 0.2) is 6.10 Å². The number of allylic oxidation sites excluding steroid dienone is 2. The molecule has 10 heteroatoms. The molecule has 0 rings (SSSR count). The monoisotopic (exact) mass is 789 g/mol. The Labute approximate surface area is 333 Å². The molecule has 0 spiro atoms. The Hall–Kier alpha value is -1.25. The Balaban J connectivity index is 4.20. The molecule has 0 saturated carbocycles. The van der Waals surface area contributed by atoms with Crippen molar-refractivity contribution in [3.63, 3.8) is 0 Å². The van der Waals surface area contributed by atoms with E-state index in [4.69, 9.17) is 18.5 Å². The summed E-state index contributed by atoms with van der Waals surface area (Å²) in [5, 5.41) is 0. The number of hydrogen-bond donors (Lipinski definition) is 1. The van der Waals surface area contributed by atoms with Gasteiger partial charge in [-0.1, -0.05) is 174 Å². The number of hydrogen-bond acceptors (Lipinski definition) is 7. The van der Waals surface area contributed by atoms with Crippen molar-refractivity contribution >= 4 is 19.8 Å². The average molecular weight is 789 g/mol. The number of phosphoric acid groups is 1. The first-order valence-corrected chi connectivity index (χ1v) is 23.9. The van der Waals surface area contributed by atoms with Crippen molar-refractivity contribution in [1.82, 2.24) is 0 Å². The lowest BCUT2D eigenvalue weighted by Crippen LogP contribution is -2.37. The number of rotatable bonds is 41. The minimum atomic E-state index is -4.37. The summed E-state index contributed by atoms with van der Waals surface area (Å²) >= 11 is 0. The summed E-state index contributed by atoms with van der Waals surface area (Å²) in [6.45, 7) is 4.37. The highest BCUT2D eigenvalue weighted by Gasteiger charge is 2.27. The van der Waals surface area contributed by atoms with E-state index in [0.29, 0.717) is 23.9 Å². The standard InChI is InChI=1S/C44H86NO8P/c1-6-8-10-12-14-16-18-19-20-21-22-23-24-25-26-27-29-30-32-34-36-43(46)50-40-42(41-52-54(48,49)51-39-38-45(3,4)5)53-44(47)37-35-33-31-28-17-15-13-11-9-7-2/h11,13,42H,6-10,12,14-41H2,1-5H3/p+1/b13-11-. The van der Waals surface area contributed by atoms with Crippen LogP contribution in [0.3, 0.4) is 0 Å². The van der Waals surface area contributed by atoms with Crippen molar-refractivity contribution in [3.05, 3.63) is 12.2 Å². The molecule has 0 saturated heterocycles. The van der Waals surface area contributed by atoms with Gasteiger partial charge in [-0.05, 0) is 32.1 Å². The molecule has 0 heterocycles. The maximum atomic E-state index is 12.6. The van der Waals surface area contributed by atoms with E-state index < -0.39 is 26.5 Å². The van der Waals surface area contributed by atoms with Crippen molar-refractivity contribution in [1.29, 1.82) is 0 Å². The number of quaternary nitrogens is 1. The summed E-state index contributed by atoms with van der Waals surface area (Å²) in [5.41, 5.74) is 0. The van der Waals surface area contributed by atoms with Gasteiger partial charge in [0.1, 0.15) is 19.8 Å². The molecular formula is C44H87NO8P+. The van der Waals surface area contributed by atoms with Crippen LogP contribution in [0, 0.1) is 0 Å². The second kappa shape index (κ2) is 37.3. The van der Waals surface area contributed by atoms with Gasteiger partial charge >= 0.3 is 19.8 Å². The molecule has 0 amide bonds. The van der Waals surface area contributed by atoms with Crippen LogP contribution in [-0.4, -0.2) is 74.9 Å². The Morgan fingerprint density at radius 3 is 1.44 bits per heavy atom. The van der Waals surface area contributed by atoms with Crippen LogP contribution in [0.25, 0.3) is 0 Å². The quantitative estimate of drug-likeness (QED) is 0.0214. The van der Waals surface area contributed by atoms with E-state index in [9.17, 15) is 19.0 Å². The molecule has 320 valence electrons. The van der Waals surface area contributed by atoms with Crippen LogP contribution in [0.1, 0.15) is 206 Å². The van der Waals surface area contributed by atoms with Crippen molar-refractivity contribution in [3.8, 4) is 0 Å². The molecule has 54 heavy (non-hydrogen) atoms. The summed E-state index contributed by atoms with van der Waals surface area (Å²) in [4.78, 5) is 35.3. The fraction of sp³-hybridized carbons (Fsp3) is 0.909. The predicted octanol–water partition coefficient (Wildman–Crippen LogP) is 12.6. The molecule has 0 aliphatic carbocycles. The second-order valence-electron chi connectivity index (χ2n) is 16.4. The number of esters is 2. The normalized spacial score (nSPS) is 13.7. The number of likely N-dealkylation sites (N-methyl/N-ethyl adjacent to an activating group) is 1. The molecule has 0 fully saturated rings. The van der Waals surface area contributed by atoms with Gasteiger partial charge in [0.2, 0.25) is 0 Å². The van der Waals surface area contributed by atoms with Crippen molar-refractivity contribution in [2.24, 2.45) is 0 Å². The largest absolute Gasteiger partial charge is 0.472 e. The summed E-state index contributed by atoms with van der Waals surface area (Å²) in [6, 6.07) is 0. The zero-order chi connectivity index (χ0) is 40.0. The number of unbranched alkanes of at least 4 members (excludes halogenated alkanes) is 25. The van der Waals surface area contributed by atoms with Gasteiger partial charge in [0, 0.05) is 12.8 Å². The van der Waals surface area contributed by atoms with Crippen LogP contribution < -0.4 is 0 Å². The van der Waals surface area contributed by atoms with Crippen LogP contribution in [-0.2, 0) is 32.7 Å². The van der Waals surface area contributed by atoms with Crippen LogP contribution in [0.15, 0.2) is 12.2 Å². The molecule has 0 aliphatic rings. The van der Waals surface area contributed by atoms with Gasteiger partial charge in [-0.3, -0.25) is 18.6 Å². The fourth-order valence-electron chi connectivity index (χ4n) is 6.25. The fourth-order valence-corrected chi connectivity index (χ4v) is 6.99. The topological polar surface area (TPSA) is 108 Å². The summed E-state index contributed by atoms with van der Waals surface area (Å²) in [7, 11) is 1.48. The third-order valence-electron chi connectivity index (χ3n) is 9.78. The van der Waals surface area contributed by atoms with Gasteiger partial charge < -0.3 is 18.9 Å². The third-order valence-corrected chi connectivity index (χ3v) is 10.8.